The topological polar surface area (TPSA) is 24.1 Å². The first-order chi connectivity index (χ1) is 10.2. The van der Waals surface area contributed by atoms with Gasteiger partial charge in [0, 0.05) is 11.7 Å². The standard InChI is InChI=1S/C19H24N2/c1-4-19(20-15(2)17-11-7-5-8-12-17)21-16(3)18-13-9-6-10-14-18/h5-14,16,19-21H,2,4H2,1,3H3. The van der Waals surface area contributed by atoms with Crippen LogP contribution in [-0.2, 0) is 0 Å². The van der Waals surface area contributed by atoms with Gasteiger partial charge >= 0.3 is 0 Å². The Kier molecular flexibility index (Phi) is 5.59. The van der Waals surface area contributed by atoms with E-state index in [2.05, 4.69) is 67.5 Å². The van der Waals surface area contributed by atoms with Crippen LogP contribution in [0.3, 0.4) is 0 Å². The van der Waals surface area contributed by atoms with Crippen molar-refractivity contribution in [2.75, 3.05) is 0 Å². The highest BCUT2D eigenvalue weighted by molar-refractivity contribution is 5.61. The molecule has 2 heteroatoms. The molecule has 2 N–H and O–H groups in total. The monoisotopic (exact) mass is 280 g/mol. The van der Waals surface area contributed by atoms with Gasteiger partial charge in [-0.05, 0) is 24.5 Å². The summed E-state index contributed by atoms with van der Waals surface area (Å²) in [7, 11) is 0. The molecule has 2 aromatic rings. The first kappa shape index (κ1) is 15.3. The van der Waals surface area contributed by atoms with Gasteiger partial charge in [-0.15, -0.1) is 0 Å². The maximum absolute atomic E-state index is 4.14. The van der Waals surface area contributed by atoms with E-state index in [1.807, 2.05) is 24.3 Å². The molecule has 2 rings (SSSR count). The highest BCUT2D eigenvalue weighted by Crippen LogP contribution is 2.14. The Morgan fingerprint density at radius 2 is 1.57 bits per heavy atom. The molecule has 2 nitrogen and oxygen atoms in total. The molecule has 0 saturated heterocycles. The number of hydrogen-bond donors (Lipinski definition) is 2. The molecular weight excluding hydrogens is 256 g/mol. The lowest BCUT2D eigenvalue weighted by Crippen LogP contribution is -2.41. The van der Waals surface area contributed by atoms with Crippen molar-refractivity contribution in [3.05, 3.63) is 78.4 Å². The summed E-state index contributed by atoms with van der Waals surface area (Å²) in [6.45, 7) is 8.49. The van der Waals surface area contributed by atoms with Gasteiger partial charge in [0.25, 0.3) is 0 Å². The molecule has 0 aliphatic rings. The third-order valence-corrected chi connectivity index (χ3v) is 3.63. The summed E-state index contributed by atoms with van der Waals surface area (Å²) in [5.41, 5.74) is 3.38. The lowest BCUT2D eigenvalue weighted by molar-refractivity contribution is 0.416. The largest absolute Gasteiger partial charge is 0.370 e. The Balaban J connectivity index is 1.96. The van der Waals surface area contributed by atoms with E-state index in [1.165, 1.54) is 5.56 Å². The molecule has 0 aliphatic heterocycles. The van der Waals surface area contributed by atoms with E-state index in [1.54, 1.807) is 0 Å². The van der Waals surface area contributed by atoms with Crippen LogP contribution in [0.2, 0.25) is 0 Å². The van der Waals surface area contributed by atoms with Gasteiger partial charge in [0.2, 0.25) is 0 Å². The Bertz CT molecular complexity index is 548. The summed E-state index contributed by atoms with van der Waals surface area (Å²) in [5.74, 6) is 0. The third kappa shape index (κ3) is 4.47. The summed E-state index contributed by atoms with van der Waals surface area (Å²) >= 11 is 0. The van der Waals surface area contributed by atoms with Crippen LogP contribution in [0.1, 0.15) is 37.4 Å². The van der Waals surface area contributed by atoms with Crippen LogP contribution >= 0.6 is 0 Å². The van der Waals surface area contributed by atoms with Gasteiger partial charge in [-0.3, -0.25) is 5.32 Å². The summed E-state index contributed by atoms with van der Waals surface area (Å²) < 4.78 is 0. The number of benzene rings is 2. The molecule has 0 aromatic heterocycles. The van der Waals surface area contributed by atoms with Crippen molar-refractivity contribution in [2.24, 2.45) is 0 Å². The van der Waals surface area contributed by atoms with Gasteiger partial charge in [-0.25, -0.2) is 0 Å². The van der Waals surface area contributed by atoms with Crippen molar-refractivity contribution in [1.29, 1.82) is 0 Å². The summed E-state index contributed by atoms with van der Waals surface area (Å²) in [5, 5.41) is 7.09. The van der Waals surface area contributed by atoms with Gasteiger partial charge in [-0.1, -0.05) is 74.2 Å². The molecule has 21 heavy (non-hydrogen) atoms. The minimum atomic E-state index is 0.202. The number of nitrogens with one attached hydrogen (secondary N) is 2. The van der Waals surface area contributed by atoms with E-state index in [9.17, 15) is 0 Å². The zero-order valence-electron chi connectivity index (χ0n) is 12.8. The Morgan fingerprint density at radius 3 is 2.14 bits per heavy atom. The molecule has 0 bridgehead atoms. The second-order valence-electron chi connectivity index (χ2n) is 5.25. The molecule has 0 fully saturated rings. The van der Waals surface area contributed by atoms with Crippen molar-refractivity contribution < 1.29 is 0 Å². The smallest absolute Gasteiger partial charge is 0.0770 e. The average molecular weight is 280 g/mol. The highest BCUT2D eigenvalue weighted by atomic mass is 15.1. The van der Waals surface area contributed by atoms with E-state index >= 15 is 0 Å². The van der Waals surface area contributed by atoms with Gasteiger partial charge in [0.1, 0.15) is 0 Å². The molecule has 110 valence electrons. The summed E-state index contributed by atoms with van der Waals surface area (Å²) in [6.07, 6.45) is 1.19. The normalized spacial score (nSPS) is 13.4. The van der Waals surface area contributed by atoms with Crippen LogP contribution in [0.25, 0.3) is 5.70 Å². The second kappa shape index (κ2) is 7.65. The summed E-state index contributed by atoms with van der Waals surface area (Å²) in [4.78, 5) is 0. The van der Waals surface area contributed by atoms with Gasteiger partial charge in [-0.2, -0.15) is 0 Å². The van der Waals surface area contributed by atoms with E-state index in [0.29, 0.717) is 6.04 Å². The van der Waals surface area contributed by atoms with Crippen LogP contribution in [-0.4, -0.2) is 6.17 Å². The van der Waals surface area contributed by atoms with Crippen molar-refractivity contribution in [1.82, 2.24) is 10.6 Å². The predicted molar refractivity (Wildman–Crippen MR) is 90.7 cm³/mol. The van der Waals surface area contributed by atoms with Crippen molar-refractivity contribution >= 4 is 5.70 Å². The van der Waals surface area contributed by atoms with Crippen LogP contribution in [0.5, 0.6) is 0 Å². The SMILES string of the molecule is C=C(NC(CC)NC(C)c1ccccc1)c1ccccc1. The minimum Gasteiger partial charge on any atom is -0.370 e. The molecule has 0 aliphatic carbocycles. The van der Waals surface area contributed by atoms with Gasteiger partial charge < -0.3 is 5.32 Å². The fourth-order valence-electron chi connectivity index (χ4n) is 2.33. The molecule has 2 aromatic carbocycles. The quantitative estimate of drug-likeness (QED) is 0.737. The van der Waals surface area contributed by atoms with E-state index < -0.39 is 0 Å². The first-order valence-electron chi connectivity index (χ1n) is 7.52. The maximum Gasteiger partial charge on any atom is 0.0770 e. The Morgan fingerprint density at radius 1 is 1.00 bits per heavy atom. The molecule has 2 unspecified atom stereocenters. The zero-order chi connectivity index (χ0) is 15.1. The molecule has 0 saturated carbocycles. The maximum atomic E-state index is 4.14. The second-order valence-corrected chi connectivity index (χ2v) is 5.25. The molecule has 0 amide bonds. The van der Waals surface area contributed by atoms with E-state index in [0.717, 1.165) is 17.7 Å². The lowest BCUT2D eigenvalue weighted by atomic mass is 10.1. The van der Waals surface area contributed by atoms with Crippen LogP contribution < -0.4 is 10.6 Å². The van der Waals surface area contributed by atoms with Crippen molar-refractivity contribution in [3.63, 3.8) is 0 Å². The molecule has 0 spiro atoms. The van der Waals surface area contributed by atoms with E-state index in [-0.39, 0.29) is 6.17 Å². The Labute approximate surface area is 127 Å². The highest BCUT2D eigenvalue weighted by Gasteiger charge is 2.12. The fourth-order valence-corrected chi connectivity index (χ4v) is 2.33. The molecule has 2 atom stereocenters. The number of hydrogen-bond acceptors (Lipinski definition) is 2. The van der Waals surface area contributed by atoms with Crippen LogP contribution in [0, 0.1) is 0 Å². The fraction of sp³-hybridized carbons (Fsp3) is 0.263. The Hall–Kier alpha value is -2.06. The summed E-state index contributed by atoms with van der Waals surface area (Å²) in [6, 6.07) is 21.0. The lowest BCUT2D eigenvalue weighted by Gasteiger charge is -2.25. The average Bonchev–Trinajstić information content (AvgIpc) is 2.55. The van der Waals surface area contributed by atoms with E-state index in [4.69, 9.17) is 0 Å². The van der Waals surface area contributed by atoms with Crippen LogP contribution in [0.15, 0.2) is 67.2 Å². The van der Waals surface area contributed by atoms with Crippen LogP contribution in [0.4, 0.5) is 0 Å². The number of rotatable bonds is 7. The van der Waals surface area contributed by atoms with Crippen molar-refractivity contribution in [2.45, 2.75) is 32.5 Å². The third-order valence-electron chi connectivity index (χ3n) is 3.63. The predicted octanol–water partition coefficient (Wildman–Crippen LogP) is 4.33. The van der Waals surface area contributed by atoms with Gasteiger partial charge in [0.05, 0.1) is 6.17 Å². The first-order valence-corrected chi connectivity index (χ1v) is 7.52. The molecule has 0 radical (unpaired) electrons. The zero-order valence-corrected chi connectivity index (χ0v) is 12.8. The van der Waals surface area contributed by atoms with Gasteiger partial charge in [0.15, 0.2) is 0 Å². The molecular formula is C19H24N2. The minimum absolute atomic E-state index is 0.202. The molecule has 0 heterocycles. The van der Waals surface area contributed by atoms with Crippen molar-refractivity contribution in [3.8, 4) is 0 Å².